The number of benzene rings is 1. The molecule has 1 aliphatic rings. The van der Waals surface area contributed by atoms with Crippen LogP contribution in [0.5, 0.6) is 5.75 Å². The Labute approximate surface area is 129 Å². The van der Waals surface area contributed by atoms with Crippen LogP contribution in [0.15, 0.2) is 29.2 Å². The lowest BCUT2D eigenvalue weighted by Gasteiger charge is -2.11. The van der Waals surface area contributed by atoms with Crippen LogP contribution in [-0.2, 0) is 9.59 Å². The van der Waals surface area contributed by atoms with Crippen molar-refractivity contribution in [3.05, 3.63) is 34.7 Å². The molecule has 0 aromatic heterocycles. The molecule has 1 heterocycles. The minimum absolute atomic E-state index is 0.182. The summed E-state index contributed by atoms with van der Waals surface area (Å²) in [5.74, 6) is 1.13. The molecule has 112 valence electrons. The average Bonchev–Trinajstić information content (AvgIpc) is 2.72. The molecule has 0 spiro atoms. The summed E-state index contributed by atoms with van der Waals surface area (Å²) in [4.78, 5) is 26.6. The molecule has 0 N–H and O–H groups in total. The van der Waals surface area contributed by atoms with Crippen LogP contribution in [-0.4, -0.2) is 35.6 Å². The summed E-state index contributed by atoms with van der Waals surface area (Å²) < 4.78 is 5.40. The van der Waals surface area contributed by atoms with Gasteiger partial charge in [0.1, 0.15) is 5.75 Å². The van der Waals surface area contributed by atoms with E-state index >= 15 is 0 Å². The van der Waals surface area contributed by atoms with Crippen molar-refractivity contribution in [2.45, 2.75) is 20.8 Å². The summed E-state index contributed by atoms with van der Waals surface area (Å²) >= 11 is 1.42. The van der Waals surface area contributed by atoms with Crippen LogP contribution in [0.25, 0.3) is 5.57 Å². The van der Waals surface area contributed by atoms with E-state index in [2.05, 4.69) is 0 Å². The van der Waals surface area contributed by atoms with Crippen molar-refractivity contribution in [1.82, 2.24) is 4.90 Å². The Morgan fingerprint density at radius 3 is 2.24 bits per heavy atom. The summed E-state index contributed by atoms with van der Waals surface area (Å²) in [6.45, 7) is 6.70. The molecule has 1 aliphatic heterocycles. The highest BCUT2D eigenvalue weighted by Crippen LogP contribution is 2.36. The van der Waals surface area contributed by atoms with Crippen molar-refractivity contribution < 1.29 is 14.3 Å². The van der Waals surface area contributed by atoms with Crippen LogP contribution in [0, 0.1) is 0 Å². The molecule has 0 saturated heterocycles. The van der Waals surface area contributed by atoms with Crippen LogP contribution in [0.4, 0.5) is 0 Å². The Morgan fingerprint density at radius 1 is 1.05 bits per heavy atom. The fourth-order valence-electron chi connectivity index (χ4n) is 2.26. The zero-order chi connectivity index (χ0) is 15.4. The smallest absolute Gasteiger partial charge is 0.267 e. The van der Waals surface area contributed by atoms with Crippen molar-refractivity contribution in [2.75, 3.05) is 18.9 Å². The second-order valence-electron chi connectivity index (χ2n) is 4.45. The van der Waals surface area contributed by atoms with Crippen molar-refractivity contribution in [2.24, 2.45) is 0 Å². The first-order valence-corrected chi connectivity index (χ1v) is 8.09. The molecular weight excluding hydrogens is 286 g/mol. The predicted molar refractivity (Wildman–Crippen MR) is 85.1 cm³/mol. The summed E-state index contributed by atoms with van der Waals surface area (Å²) in [5, 5.41) is 0. The van der Waals surface area contributed by atoms with E-state index in [1.165, 1.54) is 16.7 Å². The third-order valence-electron chi connectivity index (χ3n) is 3.18. The zero-order valence-corrected chi connectivity index (χ0v) is 13.3. The maximum Gasteiger partial charge on any atom is 0.267 e. The molecule has 0 unspecified atom stereocenters. The van der Waals surface area contributed by atoms with E-state index in [0.717, 1.165) is 17.1 Å². The molecule has 0 radical (unpaired) electrons. The Hall–Kier alpha value is -1.75. The summed E-state index contributed by atoms with van der Waals surface area (Å²) in [6.07, 6.45) is 0. The van der Waals surface area contributed by atoms with E-state index in [1.807, 2.05) is 45.0 Å². The Balaban J connectivity index is 2.41. The van der Waals surface area contributed by atoms with Gasteiger partial charge in [0.05, 0.1) is 17.1 Å². The molecule has 1 aromatic carbocycles. The van der Waals surface area contributed by atoms with Gasteiger partial charge < -0.3 is 4.74 Å². The van der Waals surface area contributed by atoms with Gasteiger partial charge in [-0.25, -0.2) is 0 Å². The van der Waals surface area contributed by atoms with Gasteiger partial charge in [-0.1, -0.05) is 19.1 Å². The van der Waals surface area contributed by atoms with E-state index in [1.54, 1.807) is 0 Å². The number of nitrogens with zero attached hydrogens (tertiary/aromatic N) is 1. The first-order valence-electron chi connectivity index (χ1n) is 7.10. The standard InChI is InChI=1S/C16H19NO3S/c1-4-17-15(18)13(14(16(17)19)21-6-3)11-7-9-12(10-8-11)20-5-2/h7-10H,4-6H2,1-3H3. The fourth-order valence-corrected chi connectivity index (χ4v) is 3.13. The van der Waals surface area contributed by atoms with Crippen molar-refractivity contribution in [1.29, 1.82) is 0 Å². The number of carbonyl (C=O) groups is 2. The second-order valence-corrected chi connectivity index (χ2v) is 5.72. The molecule has 5 heteroatoms. The van der Waals surface area contributed by atoms with Crippen LogP contribution in [0.3, 0.4) is 0 Å². The first-order chi connectivity index (χ1) is 10.1. The van der Waals surface area contributed by atoms with E-state index in [0.29, 0.717) is 23.6 Å². The zero-order valence-electron chi connectivity index (χ0n) is 12.5. The number of carbonyl (C=O) groups excluding carboxylic acids is 2. The molecule has 0 fully saturated rings. The summed E-state index contributed by atoms with van der Waals surface area (Å²) in [6, 6.07) is 7.32. The number of hydrogen-bond acceptors (Lipinski definition) is 4. The number of hydrogen-bond donors (Lipinski definition) is 0. The highest BCUT2D eigenvalue weighted by Gasteiger charge is 2.37. The van der Waals surface area contributed by atoms with Crippen molar-refractivity contribution >= 4 is 29.1 Å². The van der Waals surface area contributed by atoms with Crippen LogP contribution >= 0.6 is 11.8 Å². The van der Waals surface area contributed by atoms with Gasteiger partial charge in [-0.3, -0.25) is 14.5 Å². The third kappa shape index (κ3) is 2.97. The van der Waals surface area contributed by atoms with Crippen molar-refractivity contribution in [3.8, 4) is 5.75 Å². The maximum absolute atomic E-state index is 12.4. The van der Waals surface area contributed by atoms with Gasteiger partial charge in [-0.2, -0.15) is 0 Å². The van der Waals surface area contributed by atoms with Crippen LogP contribution in [0.2, 0.25) is 0 Å². The molecule has 2 rings (SSSR count). The monoisotopic (exact) mass is 305 g/mol. The van der Waals surface area contributed by atoms with Gasteiger partial charge in [0.25, 0.3) is 11.8 Å². The van der Waals surface area contributed by atoms with Gasteiger partial charge >= 0.3 is 0 Å². The number of ether oxygens (including phenoxy) is 1. The molecule has 0 bridgehead atoms. The van der Waals surface area contributed by atoms with Crippen LogP contribution in [0.1, 0.15) is 26.3 Å². The Morgan fingerprint density at radius 2 is 1.71 bits per heavy atom. The Bertz CT molecular complexity index is 578. The number of rotatable bonds is 6. The lowest BCUT2D eigenvalue weighted by Crippen LogP contribution is -2.31. The molecule has 1 aromatic rings. The SMILES string of the molecule is CCOc1ccc(C2=C(SCC)C(=O)N(CC)C2=O)cc1. The topological polar surface area (TPSA) is 46.6 Å². The van der Waals surface area contributed by atoms with E-state index in [4.69, 9.17) is 4.74 Å². The summed E-state index contributed by atoms with van der Waals surface area (Å²) in [7, 11) is 0. The van der Waals surface area contributed by atoms with Gasteiger partial charge in [0.15, 0.2) is 0 Å². The lowest BCUT2D eigenvalue weighted by molar-refractivity contribution is -0.136. The minimum Gasteiger partial charge on any atom is -0.494 e. The van der Waals surface area contributed by atoms with E-state index in [-0.39, 0.29) is 11.8 Å². The largest absolute Gasteiger partial charge is 0.494 e. The van der Waals surface area contributed by atoms with E-state index in [9.17, 15) is 9.59 Å². The minimum atomic E-state index is -0.206. The van der Waals surface area contributed by atoms with Gasteiger partial charge in [0.2, 0.25) is 0 Å². The van der Waals surface area contributed by atoms with E-state index < -0.39 is 0 Å². The molecular formula is C16H19NO3S. The van der Waals surface area contributed by atoms with Gasteiger partial charge in [0, 0.05) is 6.54 Å². The van der Waals surface area contributed by atoms with Crippen LogP contribution < -0.4 is 4.74 Å². The molecule has 4 nitrogen and oxygen atoms in total. The number of thioether (sulfide) groups is 1. The second kappa shape index (κ2) is 6.80. The molecule has 2 amide bonds. The van der Waals surface area contributed by atoms with Gasteiger partial charge in [-0.05, 0) is 37.3 Å². The third-order valence-corrected chi connectivity index (χ3v) is 4.14. The lowest BCUT2D eigenvalue weighted by atomic mass is 10.1. The number of amides is 2. The fraction of sp³-hybridized carbons (Fsp3) is 0.375. The first kappa shape index (κ1) is 15.6. The molecule has 0 atom stereocenters. The Kier molecular flexibility index (Phi) is 5.07. The normalized spacial score (nSPS) is 15.1. The summed E-state index contributed by atoms with van der Waals surface area (Å²) in [5.41, 5.74) is 1.28. The average molecular weight is 305 g/mol. The highest BCUT2D eigenvalue weighted by atomic mass is 32.2. The van der Waals surface area contributed by atoms with Gasteiger partial charge in [-0.15, -0.1) is 11.8 Å². The number of imide groups is 1. The molecule has 0 aliphatic carbocycles. The predicted octanol–water partition coefficient (Wildman–Crippen LogP) is 2.94. The quantitative estimate of drug-likeness (QED) is 0.758. The molecule has 0 saturated carbocycles. The maximum atomic E-state index is 12.4. The number of likely N-dealkylation sites (N-methyl/N-ethyl adjacent to an activating group) is 1. The molecule has 21 heavy (non-hydrogen) atoms. The van der Waals surface area contributed by atoms with Crippen molar-refractivity contribution in [3.63, 3.8) is 0 Å². The highest BCUT2D eigenvalue weighted by molar-refractivity contribution is 8.04.